The molecule has 33 heavy (non-hydrogen) atoms. The number of carbonyl (C=O) groups excluding carboxylic acids is 3. The highest BCUT2D eigenvalue weighted by Gasteiger charge is 2.30. The molecule has 10 nitrogen and oxygen atoms in total. The van der Waals surface area contributed by atoms with Crippen LogP contribution in [0.25, 0.3) is 0 Å². The first-order chi connectivity index (χ1) is 15.6. The van der Waals surface area contributed by atoms with Gasteiger partial charge in [-0.25, -0.2) is 4.79 Å². The molecule has 3 amide bonds. The fraction of sp³-hybridized carbons (Fsp3) is 0.545. The summed E-state index contributed by atoms with van der Waals surface area (Å²) in [7, 11) is 0. The van der Waals surface area contributed by atoms with Crippen LogP contribution in [0.1, 0.15) is 25.8 Å². The molecule has 0 spiro atoms. The van der Waals surface area contributed by atoms with Crippen molar-refractivity contribution in [3.8, 4) is 0 Å². The quantitative estimate of drug-likeness (QED) is 0.206. The van der Waals surface area contributed by atoms with E-state index in [1.54, 1.807) is 44.2 Å². The average Bonchev–Trinajstić information content (AvgIpc) is 2.79. The molecular weight excluding hydrogens is 448 g/mol. The molecule has 11 heteroatoms. The zero-order valence-electron chi connectivity index (χ0n) is 19.1. The van der Waals surface area contributed by atoms with Crippen LogP contribution >= 0.6 is 11.8 Å². The van der Waals surface area contributed by atoms with Gasteiger partial charge in [0, 0.05) is 6.42 Å². The maximum absolute atomic E-state index is 12.9. The van der Waals surface area contributed by atoms with Gasteiger partial charge in [-0.15, -0.1) is 0 Å². The predicted molar refractivity (Wildman–Crippen MR) is 126 cm³/mol. The van der Waals surface area contributed by atoms with Crippen LogP contribution in [0.4, 0.5) is 0 Å². The van der Waals surface area contributed by atoms with Crippen LogP contribution in [0, 0.1) is 5.92 Å². The summed E-state index contributed by atoms with van der Waals surface area (Å²) in [5, 5.41) is 26.5. The monoisotopic (exact) mass is 482 g/mol. The zero-order chi connectivity index (χ0) is 25.0. The summed E-state index contributed by atoms with van der Waals surface area (Å²) in [6, 6.07) is 4.45. The van der Waals surface area contributed by atoms with Gasteiger partial charge in [0.15, 0.2) is 0 Å². The largest absolute Gasteiger partial charge is 0.480 e. The second-order valence-electron chi connectivity index (χ2n) is 7.95. The van der Waals surface area contributed by atoms with Crippen molar-refractivity contribution in [3.05, 3.63) is 35.9 Å². The predicted octanol–water partition coefficient (Wildman–Crippen LogP) is -0.503. The van der Waals surface area contributed by atoms with Gasteiger partial charge in [-0.3, -0.25) is 14.4 Å². The van der Waals surface area contributed by atoms with Crippen LogP contribution in [0.5, 0.6) is 0 Å². The van der Waals surface area contributed by atoms with Gasteiger partial charge in [-0.1, -0.05) is 44.2 Å². The number of aliphatic hydroxyl groups excluding tert-OH is 1. The van der Waals surface area contributed by atoms with Crippen LogP contribution in [0.15, 0.2) is 30.3 Å². The van der Waals surface area contributed by atoms with Gasteiger partial charge in [-0.2, -0.15) is 11.8 Å². The summed E-state index contributed by atoms with van der Waals surface area (Å²) >= 11 is 1.45. The summed E-state index contributed by atoms with van der Waals surface area (Å²) in [5.74, 6) is -2.89. The minimum Gasteiger partial charge on any atom is -0.480 e. The number of nitrogens with one attached hydrogen (secondary N) is 3. The molecule has 0 aliphatic carbocycles. The Morgan fingerprint density at radius 2 is 1.48 bits per heavy atom. The third-order valence-electron chi connectivity index (χ3n) is 4.98. The highest BCUT2D eigenvalue weighted by atomic mass is 32.2. The molecule has 0 fully saturated rings. The van der Waals surface area contributed by atoms with Crippen molar-refractivity contribution in [2.24, 2.45) is 11.7 Å². The summed E-state index contributed by atoms with van der Waals surface area (Å²) in [6.45, 7) is 2.80. The number of carboxylic acid groups (broad SMARTS) is 1. The number of carbonyl (C=O) groups is 4. The molecule has 0 aliphatic rings. The lowest BCUT2D eigenvalue weighted by molar-refractivity contribution is -0.142. The van der Waals surface area contributed by atoms with E-state index in [1.807, 2.05) is 6.26 Å². The highest BCUT2D eigenvalue weighted by molar-refractivity contribution is 7.98. The van der Waals surface area contributed by atoms with Crippen LogP contribution in [-0.2, 0) is 25.6 Å². The van der Waals surface area contributed by atoms with Gasteiger partial charge in [0.25, 0.3) is 0 Å². The van der Waals surface area contributed by atoms with E-state index < -0.39 is 54.5 Å². The molecule has 0 saturated carbocycles. The fourth-order valence-electron chi connectivity index (χ4n) is 2.86. The number of aliphatic carboxylic acids is 1. The van der Waals surface area contributed by atoms with Crippen molar-refractivity contribution in [2.45, 2.75) is 50.9 Å². The minimum absolute atomic E-state index is 0.0769. The fourth-order valence-corrected chi connectivity index (χ4v) is 3.34. The van der Waals surface area contributed by atoms with Crippen molar-refractivity contribution in [1.82, 2.24) is 16.0 Å². The van der Waals surface area contributed by atoms with E-state index in [1.165, 1.54) is 11.8 Å². The van der Waals surface area contributed by atoms with Crippen LogP contribution in [-0.4, -0.2) is 76.7 Å². The summed E-state index contributed by atoms with van der Waals surface area (Å²) in [6.07, 6.45) is 2.14. The average molecular weight is 483 g/mol. The summed E-state index contributed by atoms with van der Waals surface area (Å²) in [4.78, 5) is 49.4. The van der Waals surface area contributed by atoms with Gasteiger partial charge in [0.05, 0.1) is 12.6 Å². The lowest BCUT2D eigenvalue weighted by Crippen LogP contribution is -2.58. The maximum atomic E-state index is 12.9. The molecule has 0 heterocycles. The number of rotatable bonds is 14. The van der Waals surface area contributed by atoms with Crippen LogP contribution < -0.4 is 21.7 Å². The van der Waals surface area contributed by atoms with E-state index in [2.05, 4.69) is 16.0 Å². The van der Waals surface area contributed by atoms with Crippen LogP contribution in [0.2, 0.25) is 0 Å². The molecule has 0 saturated heterocycles. The molecule has 1 aromatic carbocycles. The Hall–Kier alpha value is -2.63. The lowest BCUT2D eigenvalue weighted by Gasteiger charge is -2.25. The van der Waals surface area contributed by atoms with E-state index in [9.17, 15) is 29.4 Å². The number of aliphatic hydroxyl groups is 1. The molecule has 0 aliphatic heterocycles. The van der Waals surface area contributed by atoms with Gasteiger partial charge in [0.2, 0.25) is 17.7 Å². The third kappa shape index (κ3) is 9.80. The van der Waals surface area contributed by atoms with Crippen molar-refractivity contribution < 1.29 is 29.4 Å². The molecule has 1 rings (SSSR count). The SMILES string of the molecule is CSCCC(NC(=O)C(CO)NC(=O)C(N)C(C)C)C(=O)NC(Cc1ccccc1)C(=O)O. The van der Waals surface area contributed by atoms with Crippen LogP contribution in [0.3, 0.4) is 0 Å². The Morgan fingerprint density at radius 1 is 0.939 bits per heavy atom. The van der Waals surface area contributed by atoms with E-state index in [4.69, 9.17) is 5.73 Å². The lowest BCUT2D eigenvalue weighted by atomic mass is 10.0. The van der Waals surface area contributed by atoms with E-state index in [-0.39, 0.29) is 18.8 Å². The Labute approximate surface area is 198 Å². The molecular formula is C22H34N4O6S. The van der Waals surface area contributed by atoms with E-state index in [0.29, 0.717) is 5.75 Å². The first-order valence-corrected chi connectivity index (χ1v) is 12.0. The number of benzene rings is 1. The van der Waals surface area contributed by atoms with Crippen molar-refractivity contribution in [3.63, 3.8) is 0 Å². The number of carboxylic acids is 1. The van der Waals surface area contributed by atoms with Gasteiger partial charge >= 0.3 is 5.97 Å². The van der Waals surface area contributed by atoms with E-state index >= 15 is 0 Å². The van der Waals surface area contributed by atoms with Crippen molar-refractivity contribution >= 4 is 35.5 Å². The smallest absolute Gasteiger partial charge is 0.326 e. The van der Waals surface area contributed by atoms with Gasteiger partial charge in [-0.05, 0) is 29.9 Å². The molecule has 4 unspecified atom stereocenters. The van der Waals surface area contributed by atoms with Gasteiger partial charge in [0.1, 0.15) is 18.1 Å². The zero-order valence-corrected chi connectivity index (χ0v) is 19.9. The number of hydrogen-bond acceptors (Lipinski definition) is 7. The number of thioether (sulfide) groups is 1. The maximum Gasteiger partial charge on any atom is 0.326 e. The molecule has 184 valence electrons. The number of amides is 3. The molecule has 1 aromatic rings. The number of hydrogen-bond donors (Lipinski definition) is 6. The topological polar surface area (TPSA) is 171 Å². The summed E-state index contributed by atoms with van der Waals surface area (Å²) < 4.78 is 0. The Bertz CT molecular complexity index is 792. The highest BCUT2D eigenvalue weighted by Crippen LogP contribution is 2.07. The third-order valence-corrected chi connectivity index (χ3v) is 5.62. The Balaban J connectivity index is 2.88. The molecule has 0 radical (unpaired) electrons. The number of nitrogens with two attached hydrogens (primary N) is 1. The first kappa shape index (κ1) is 28.4. The molecule has 4 atom stereocenters. The van der Waals surface area contributed by atoms with Crippen molar-refractivity contribution in [1.29, 1.82) is 0 Å². The minimum atomic E-state index is -1.30. The Kier molecular flexibility index (Phi) is 12.5. The molecule has 0 aromatic heterocycles. The molecule has 0 bridgehead atoms. The van der Waals surface area contributed by atoms with Gasteiger partial charge < -0.3 is 31.9 Å². The van der Waals surface area contributed by atoms with Crippen molar-refractivity contribution in [2.75, 3.05) is 18.6 Å². The first-order valence-electron chi connectivity index (χ1n) is 10.6. The standard InChI is InChI=1S/C22H34N4O6S/c1-13(2)18(23)21(30)26-17(12-27)20(29)24-15(9-10-33-3)19(28)25-16(22(31)32)11-14-7-5-4-6-8-14/h4-8,13,15-18,27H,9-12,23H2,1-3H3,(H,24,29)(H,25,28)(H,26,30)(H,31,32). The second kappa shape index (κ2) is 14.5. The molecule has 7 N–H and O–H groups in total. The second-order valence-corrected chi connectivity index (χ2v) is 8.93. The Morgan fingerprint density at radius 3 is 2.00 bits per heavy atom. The van der Waals surface area contributed by atoms with E-state index in [0.717, 1.165) is 5.56 Å². The summed E-state index contributed by atoms with van der Waals surface area (Å²) in [5.41, 5.74) is 6.51. The normalized spacial score (nSPS) is 14.6.